The lowest BCUT2D eigenvalue weighted by molar-refractivity contribution is -0.338. The largest absolute Gasteiger partial charge is 0.394 e. The summed E-state index contributed by atoms with van der Waals surface area (Å²) in [5.41, 5.74) is 0. The van der Waals surface area contributed by atoms with Gasteiger partial charge in [0.05, 0.1) is 19.3 Å². The van der Waals surface area contributed by atoms with Crippen molar-refractivity contribution in [3.63, 3.8) is 0 Å². The maximum atomic E-state index is 9.87. The molecule has 0 bridgehead atoms. The predicted octanol–water partition coefficient (Wildman–Crippen LogP) is -4.37. The standard InChI is InChI=1S/C12H22O10/c13-2-6-5(1-4(15)11(19)20-6)21-12-10(18)9(17)8(16)7(3-14)22-12/h4-19H,1-3H2/t4-,5+,6-,7-,8+,9+,10-,11-,12+/m1/s1. The highest BCUT2D eigenvalue weighted by Gasteiger charge is 2.47. The van der Waals surface area contributed by atoms with E-state index in [2.05, 4.69) is 0 Å². The summed E-state index contributed by atoms with van der Waals surface area (Å²) in [5.74, 6) is 0. The third-order valence-electron chi connectivity index (χ3n) is 3.87. The zero-order valence-corrected chi connectivity index (χ0v) is 11.7. The van der Waals surface area contributed by atoms with E-state index in [1.165, 1.54) is 0 Å². The fraction of sp³-hybridized carbons (Fsp3) is 1.00. The second-order valence-electron chi connectivity index (χ2n) is 5.42. The highest BCUT2D eigenvalue weighted by Crippen LogP contribution is 2.28. The lowest BCUT2D eigenvalue weighted by Crippen LogP contribution is -2.61. The molecule has 0 aliphatic carbocycles. The molecule has 0 spiro atoms. The van der Waals surface area contributed by atoms with Crippen molar-refractivity contribution in [1.82, 2.24) is 0 Å². The Morgan fingerprint density at radius 3 is 2.05 bits per heavy atom. The van der Waals surface area contributed by atoms with Crippen LogP contribution in [-0.2, 0) is 14.2 Å². The van der Waals surface area contributed by atoms with Crippen LogP contribution in [0.4, 0.5) is 0 Å². The summed E-state index contributed by atoms with van der Waals surface area (Å²) in [7, 11) is 0. The van der Waals surface area contributed by atoms with Crippen molar-refractivity contribution in [3.8, 4) is 0 Å². The molecule has 10 heteroatoms. The normalized spacial score (nSPS) is 50.0. The topological polar surface area (TPSA) is 169 Å². The number of hydrogen-bond donors (Lipinski definition) is 7. The molecule has 2 saturated heterocycles. The van der Waals surface area contributed by atoms with Gasteiger partial charge in [-0.3, -0.25) is 0 Å². The second-order valence-corrected chi connectivity index (χ2v) is 5.42. The molecular weight excluding hydrogens is 304 g/mol. The van der Waals surface area contributed by atoms with E-state index in [1.807, 2.05) is 0 Å². The lowest BCUT2D eigenvalue weighted by Gasteiger charge is -2.43. The molecule has 0 radical (unpaired) electrons. The number of rotatable bonds is 4. The fourth-order valence-corrected chi connectivity index (χ4v) is 2.52. The monoisotopic (exact) mass is 326 g/mol. The van der Waals surface area contributed by atoms with E-state index in [-0.39, 0.29) is 6.42 Å². The molecule has 0 unspecified atom stereocenters. The van der Waals surface area contributed by atoms with Crippen LogP contribution in [0.25, 0.3) is 0 Å². The molecule has 2 heterocycles. The highest BCUT2D eigenvalue weighted by atomic mass is 16.7. The Balaban J connectivity index is 2.04. The first-order chi connectivity index (χ1) is 10.4. The number of hydrogen-bond acceptors (Lipinski definition) is 10. The Morgan fingerprint density at radius 1 is 0.818 bits per heavy atom. The third-order valence-corrected chi connectivity index (χ3v) is 3.87. The summed E-state index contributed by atoms with van der Waals surface area (Å²) >= 11 is 0. The van der Waals surface area contributed by atoms with Gasteiger partial charge in [-0.25, -0.2) is 0 Å². The molecule has 2 aliphatic heterocycles. The van der Waals surface area contributed by atoms with Gasteiger partial charge in [-0.05, 0) is 0 Å². The van der Waals surface area contributed by atoms with Crippen LogP contribution in [0.15, 0.2) is 0 Å². The van der Waals surface area contributed by atoms with Crippen LogP contribution in [0, 0.1) is 0 Å². The Bertz CT molecular complexity index is 353. The maximum Gasteiger partial charge on any atom is 0.187 e. The fourth-order valence-electron chi connectivity index (χ4n) is 2.52. The van der Waals surface area contributed by atoms with Crippen LogP contribution in [0.2, 0.25) is 0 Å². The van der Waals surface area contributed by atoms with Gasteiger partial charge in [0.15, 0.2) is 12.6 Å². The van der Waals surface area contributed by atoms with E-state index in [0.29, 0.717) is 0 Å². The molecule has 130 valence electrons. The third kappa shape index (κ3) is 3.57. The molecule has 7 N–H and O–H groups in total. The molecule has 22 heavy (non-hydrogen) atoms. The van der Waals surface area contributed by atoms with Crippen molar-refractivity contribution in [2.45, 2.75) is 61.7 Å². The van der Waals surface area contributed by atoms with E-state index in [4.69, 9.17) is 19.3 Å². The zero-order chi connectivity index (χ0) is 16.4. The Labute approximate surface area is 126 Å². The van der Waals surface area contributed by atoms with Crippen molar-refractivity contribution in [1.29, 1.82) is 0 Å². The molecule has 9 atom stereocenters. The van der Waals surface area contributed by atoms with E-state index in [0.717, 1.165) is 0 Å². The van der Waals surface area contributed by atoms with Gasteiger partial charge in [0, 0.05) is 6.42 Å². The van der Waals surface area contributed by atoms with Gasteiger partial charge in [-0.15, -0.1) is 0 Å². The summed E-state index contributed by atoms with van der Waals surface area (Å²) in [6, 6.07) is 0. The van der Waals surface area contributed by atoms with Gasteiger partial charge in [-0.2, -0.15) is 0 Å². The molecule has 2 aliphatic rings. The van der Waals surface area contributed by atoms with Crippen LogP contribution in [0.1, 0.15) is 6.42 Å². The molecule has 0 aromatic carbocycles. The van der Waals surface area contributed by atoms with Crippen molar-refractivity contribution in [2.24, 2.45) is 0 Å². The first-order valence-electron chi connectivity index (χ1n) is 6.97. The SMILES string of the molecule is OC[C@H]1O[C@H](O[C@H]2C[C@@H](O)[C@H](O)O[C@@H]2CO)[C@H](O)[C@@H](O)[C@H]1O. The van der Waals surface area contributed by atoms with E-state index in [9.17, 15) is 30.6 Å². The molecule has 0 saturated carbocycles. The van der Waals surface area contributed by atoms with Crippen LogP contribution >= 0.6 is 0 Å². The van der Waals surface area contributed by atoms with Gasteiger partial charge < -0.3 is 50.0 Å². The molecule has 10 nitrogen and oxygen atoms in total. The minimum Gasteiger partial charge on any atom is -0.394 e. The van der Waals surface area contributed by atoms with Crippen LogP contribution in [-0.4, -0.2) is 104 Å². The predicted molar refractivity (Wildman–Crippen MR) is 67.2 cm³/mol. The quantitative estimate of drug-likeness (QED) is 0.268. The molecule has 0 aromatic rings. The minimum atomic E-state index is -1.60. The smallest absolute Gasteiger partial charge is 0.187 e. The molecule has 2 rings (SSSR count). The number of aliphatic hydroxyl groups is 7. The van der Waals surface area contributed by atoms with Gasteiger partial charge in [0.2, 0.25) is 0 Å². The van der Waals surface area contributed by atoms with Gasteiger partial charge >= 0.3 is 0 Å². The van der Waals surface area contributed by atoms with Crippen molar-refractivity contribution >= 4 is 0 Å². The molecule has 2 fully saturated rings. The number of ether oxygens (including phenoxy) is 3. The summed E-state index contributed by atoms with van der Waals surface area (Å²) in [6.45, 7) is -1.11. The average Bonchev–Trinajstić information content (AvgIpc) is 2.51. The number of aliphatic hydroxyl groups excluding tert-OH is 7. The van der Waals surface area contributed by atoms with Crippen molar-refractivity contribution in [2.75, 3.05) is 13.2 Å². The molecule has 0 aromatic heterocycles. The Kier molecular flexibility index (Phi) is 6.07. The first kappa shape index (κ1) is 17.9. The van der Waals surface area contributed by atoms with Crippen molar-refractivity contribution < 1.29 is 50.0 Å². The summed E-state index contributed by atoms with van der Waals surface area (Å²) in [5, 5.41) is 66.5. The highest BCUT2D eigenvalue weighted by molar-refractivity contribution is 4.90. The second kappa shape index (κ2) is 7.45. The summed E-state index contributed by atoms with van der Waals surface area (Å²) in [6.07, 6.45) is -11.9. The Hall–Kier alpha value is -0.400. The van der Waals surface area contributed by atoms with Gasteiger partial charge in [-0.1, -0.05) is 0 Å². The first-order valence-corrected chi connectivity index (χ1v) is 6.97. The molecular formula is C12H22O10. The molecule has 0 amide bonds. The van der Waals surface area contributed by atoms with Crippen LogP contribution in [0.3, 0.4) is 0 Å². The van der Waals surface area contributed by atoms with Gasteiger partial charge in [0.25, 0.3) is 0 Å². The van der Waals surface area contributed by atoms with Crippen LogP contribution in [0.5, 0.6) is 0 Å². The maximum absolute atomic E-state index is 9.87. The van der Waals surface area contributed by atoms with E-state index in [1.54, 1.807) is 0 Å². The zero-order valence-electron chi connectivity index (χ0n) is 11.7. The van der Waals surface area contributed by atoms with E-state index >= 15 is 0 Å². The Morgan fingerprint density at radius 2 is 1.45 bits per heavy atom. The van der Waals surface area contributed by atoms with Crippen molar-refractivity contribution in [3.05, 3.63) is 0 Å². The summed E-state index contributed by atoms with van der Waals surface area (Å²) < 4.78 is 15.6. The van der Waals surface area contributed by atoms with Crippen LogP contribution < -0.4 is 0 Å². The minimum absolute atomic E-state index is 0.0958. The average molecular weight is 326 g/mol. The van der Waals surface area contributed by atoms with E-state index < -0.39 is 68.5 Å². The lowest BCUT2D eigenvalue weighted by atomic mass is 9.98. The van der Waals surface area contributed by atoms with Gasteiger partial charge in [0.1, 0.15) is 36.6 Å². The summed E-state index contributed by atoms with van der Waals surface area (Å²) in [4.78, 5) is 0.